The molecule has 0 aliphatic carbocycles. The van der Waals surface area contributed by atoms with Gasteiger partial charge in [0.2, 0.25) is 0 Å². The van der Waals surface area contributed by atoms with Crippen LogP contribution in [-0.2, 0) is 0 Å². The summed E-state index contributed by atoms with van der Waals surface area (Å²) in [6, 6.07) is 11.0. The minimum Gasteiger partial charge on any atom is -0.382 e. The zero-order valence-electron chi connectivity index (χ0n) is 13.4. The first kappa shape index (κ1) is 16.6. The lowest BCUT2D eigenvalue weighted by molar-refractivity contribution is 0.371. The van der Waals surface area contributed by atoms with E-state index in [1.165, 1.54) is 18.3 Å². The quantitative estimate of drug-likeness (QED) is 0.330. The standard InChI is InChI=1S/C17H16F2N6/c1-24(21)23-16(20)11-5-7-12(8-6-11)25-10-9-22-17(25)13-3-2-4-14(18)15(13)19/h2-10H,21H2,1H3,(H2,20,23). The molecule has 0 atom stereocenters. The zero-order chi connectivity index (χ0) is 18.0. The van der Waals surface area contributed by atoms with Crippen LogP contribution in [0.2, 0.25) is 0 Å². The minimum absolute atomic E-state index is 0.0832. The Hall–Kier alpha value is -3.26. The molecule has 0 saturated heterocycles. The number of aromatic nitrogens is 2. The van der Waals surface area contributed by atoms with Gasteiger partial charge in [-0.15, -0.1) is 5.10 Å². The Morgan fingerprint density at radius 2 is 1.88 bits per heavy atom. The van der Waals surface area contributed by atoms with Crippen LogP contribution in [0.3, 0.4) is 0 Å². The summed E-state index contributed by atoms with van der Waals surface area (Å²) in [4.78, 5) is 4.15. The van der Waals surface area contributed by atoms with Gasteiger partial charge in [-0.25, -0.2) is 24.7 Å². The molecule has 3 aromatic rings. The zero-order valence-corrected chi connectivity index (χ0v) is 13.4. The normalized spacial score (nSPS) is 11.6. The van der Waals surface area contributed by atoms with Crippen LogP contribution in [0.1, 0.15) is 5.56 Å². The molecule has 0 bridgehead atoms. The number of hydrazone groups is 1. The first-order valence-corrected chi connectivity index (χ1v) is 7.38. The SMILES string of the molecule is CN(N)/N=C(\N)c1ccc(-n2ccnc2-c2cccc(F)c2F)cc1. The van der Waals surface area contributed by atoms with Crippen LogP contribution in [0, 0.1) is 11.6 Å². The number of imidazole rings is 1. The van der Waals surface area contributed by atoms with Crippen molar-refractivity contribution in [2.75, 3.05) is 7.05 Å². The van der Waals surface area contributed by atoms with Crippen molar-refractivity contribution in [1.82, 2.24) is 14.7 Å². The highest BCUT2D eigenvalue weighted by atomic mass is 19.2. The van der Waals surface area contributed by atoms with Gasteiger partial charge in [-0.1, -0.05) is 6.07 Å². The van der Waals surface area contributed by atoms with Gasteiger partial charge in [0.15, 0.2) is 17.5 Å². The molecule has 0 spiro atoms. The number of nitrogens with two attached hydrogens (primary N) is 2. The van der Waals surface area contributed by atoms with E-state index in [1.807, 2.05) is 0 Å². The molecule has 0 saturated carbocycles. The van der Waals surface area contributed by atoms with Crippen LogP contribution in [0.5, 0.6) is 0 Å². The number of nitrogens with zero attached hydrogens (tertiary/aromatic N) is 4. The van der Waals surface area contributed by atoms with Gasteiger partial charge in [0, 0.05) is 30.7 Å². The number of benzene rings is 2. The number of hydrazine groups is 1. The Morgan fingerprint density at radius 1 is 1.16 bits per heavy atom. The second-order valence-corrected chi connectivity index (χ2v) is 5.33. The maximum absolute atomic E-state index is 14.1. The highest BCUT2D eigenvalue weighted by Crippen LogP contribution is 2.25. The molecule has 0 unspecified atom stereocenters. The van der Waals surface area contributed by atoms with Crippen molar-refractivity contribution < 1.29 is 8.78 Å². The van der Waals surface area contributed by atoms with Gasteiger partial charge in [-0.3, -0.25) is 4.57 Å². The molecule has 25 heavy (non-hydrogen) atoms. The molecular weight excluding hydrogens is 326 g/mol. The first-order valence-electron chi connectivity index (χ1n) is 7.38. The van der Waals surface area contributed by atoms with Crippen molar-refractivity contribution in [3.63, 3.8) is 0 Å². The van der Waals surface area contributed by atoms with E-state index in [-0.39, 0.29) is 11.4 Å². The lowest BCUT2D eigenvalue weighted by Crippen LogP contribution is -2.25. The summed E-state index contributed by atoms with van der Waals surface area (Å²) in [7, 11) is 1.56. The van der Waals surface area contributed by atoms with E-state index >= 15 is 0 Å². The third-order valence-electron chi connectivity index (χ3n) is 3.54. The van der Waals surface area contributed by atoms with Crippen LogP contribution in [-0.4, -0.2) is 27.6 Å². The number of rotatable bonds is 4. The van der Waals surface area contributed by atoms with Crippen molar-refractivity contribution in [3.05, 3.63) is 72.1 Å². The number of hydrogen-bond donors (Lipinski definition) is 2. The van der Waals surface area contributed by atoms with Gasteiger partial charge < -0.3 is 5.73 Å². The van der Waals surface area contributed by atoms with Gasteiger partial charge in [0.1, 0.15) is 5.82 Å². The van der Waals surface area contributed by atoms with E-state index in [9.17, 15) is 8.78 Å². The largest absolute Gasteiger partial charge is 0.382 e. The monoisotopic (exact) mass is 342 g/mol. The minimum atomic E-state index is -0.936. The molecule has 3 rings (SSSR count). The molecule has 0 aliphatic rings. The molecule has 0 amide bonds. The fraction of sp³-hybridized carbons (Fsp3) is 0.0588. The van der Waals surface area contributed by atoms with Crippen LogP contribution < -0.4 is 11.6 Å². The number of amidine groups is 1. The summed E-state index contributed by atoms with van der Waals surface area (Å²) < 4.78 is 29.2. The molecule has 128 valence electrons. The summed E-state index contributed by atoms with van der Waals surface area (Å²) in [6.45, 7) is 0. The Kier molecular flexibility index (Phi) is 4.44. The topological polar surface area (TPSA) is 85.5 Å². The van der Waals surface area contributed by atoms with Gasteiger partial charge in [0.05, 0.1) is 5.56 Å². The third-order valence-corrected chi connectivity index (χ3v) is 3.54. The van der Waals surface area contributed by atoms with E-state index in [4.69, 9.17) is 11.6 Å². The fourth-order valence-corrected chi connectivity index (χ4v) is 2.41. The Labute approximate surface area is 143 Å². The molecular formula is C17H16F2N6. The first-order chi connectivity index (χ1) is 12.0. The third kappa shape index (κ3) is 3.33. The van der Waals surface area contributed by atoms with Gasteiger partial charge in [-0.2, -0.15) is 0 Å². The fourth-order valence-electron chi connectivity index (χ4n) is 2.41. The van der Waals surface area contributed by atoms with Crippen molar-refractivity contribution in [3.8, 4) is 17.1 Å². The van der Waals surface area contributed by atoms with E-state index in [0.717, 1.165) is 11.2 Å². The van der Waals surface area contributed by atoms with Crippen LogP contribution in [0.4, 0.5) is 8.78 Å². The molecule has 0 radical (unpaired) electrons. The van der Waals surface area contributed by atoms with Crippen LogP contribution >= 0.6 is 0 Å². The summed E-state index contributed by atoms with van der Waals surface area (Å²) in [5.41, 5.74) is 7.32. The molecule has 6 nitrogen and oxygen atoms in total. The summed E-state index contributed by atoms with van der Waals surface area (Å²) in [5, 5.41) is 5.04. The van der Waals surface area contributed by atoms with Gasteiger partial charge in [0.25, 0.3) is 0 Å². The van der Waals surface area contributed by atoms with Crippen LogP contribution in [0.15, 0.2) is 60.0 Å². The predicted octanol–water partition coefficient (Wildman–Crippen LogP) is 2.24. The number of hydrogen-bond acceptors (Lipinski definition) is 4. The molecule has 0 aliphatic heterocycles. The second-order valence-electron chi connectivity index (χ2n) is 5.33. The van der Waals surface area contributed by atoms with E-state index in [1.54, 1.807) is 42.1 Å². The Balaban J connectivity index is 1.99. The summed E-state index contributed by atoms with van der Waals surface area (Å²) >= 11 is 0. The van der Waals surface area contributed by atoms with Gasteiger partial charge in [-0.05, 0) is 36.4 Å². The van der Waals surface area contributed by atoms with Crippen LogP contribution in [0.25, 0.3) is 17.1 Å². The lowest BCUT2D eigenvalue weighted by atomic mass is 10.1. The highest BCUT2D eigenvalue weighted by Gasteiger charge is 2.15. The summed E-state index contributed by atoms with van der Waals surface area (Å²) in [5.74, 6) is 4.14. The van der Waals surface area contributed by atoms with E-state index in [0.29, 0.717) is 17.1 Å². The molecule has 0 fully saturated rings. The highest BCUT2D eigenvalue weighted by molar-refractivity contribution is 5.97. The molecule has 2 aromatic carbocycles. The van der Waals surface area contributed by atoms with Crippen molar-refractivity contribution >= 4 is 5.84 Å². The lowest BCUT2D eigenvalue weighted by Gasteiger charge is -2.11. The maximum Gasteiger partial charge on any atom is 0.169 e. The summed E-state index contributed by atoms with van der Waals surface area (Å²) in [6.07, 6.45) is 3.19. The molecule has 4 N–H and O–H groups in total. The Morgan fingerprint density at radius 3 is 2.56 bits per heavy atom. The van der Waals surface area contributed by atoms with Gasteiger partial charge >= 0.3 is 0 Å². The molecule has 1 aromatic heterocycles. The van der Waals surface area contributed by atoms with E-state index < -0.39 is 11.6 Å². The van der Waals surface area contributed by atoms with Crippen molar-refractivity contribution in [1.29, 1.82) is 0 Å². The maximum atomic E-state index is 14.1. The second kappa shape index (κ2) is 6.70. The molecule has 1 heterocycles. The Bertz CT molecular complexity index is 915. The van der Waals surface area contributed by atoms with E-state index in [2.05, 4.69) is 10.1 Å². The predicted molar refractivity (Wildman–Crippen MR) is 91.6 cm³/mol. The van der Waals surface area contributed by atoms with Crippen molar-refractivity contribution in [2.45, 2.75) is 0 Å². The average Bonchev–Trinajstić information content (AvgIpc) is 3.06. The number of halogens is 2. The average molecular weight is 342 g/mol. The molecule has 8 heteroatoms. The smallest absolute Gasteiger partial charge is 0.169 e. The van der Waals surface area contributed by atoms with Crippen molar-refractivity contribution in [2.24, 2.45) is 16.7 Å².